The quantitative estimate of drug-likeness (QED) is 0.500. The van der Waals surface area contributed by atoms with E-state index >= 15 is 0 Å². The zero-order valence-corrected chi connectivity index (χ0v) is 15.4. The molecule has 136 valence electrons. The van der Waals surface area contributed by atoms with Gasteiger partial charge in [0.05, 0.1) is 18.3 Å². The maximum Gasteiger partial charge on any atom is 0.334 e. The SMILES string of the molecule is CC=C(C)C(=O)O[C@@H]1c2cc(C(C)=O)c(OC)cc2O[C@@H]1C(C)(C)O. The fourth-order valence-corrected chi connectivity index (χ4v) is 2.67. The summed E-state index contributed by atoms with van der Waals surface area (Å²) in [6, 6.07) is 3.19. The van der Waals surface area contributed by atoms with E-state index in [4.69, 9.17) is 14.2 Å². The van der Waals surface area contributed by atoms with Crippen LogP contribution in [0.1, 0.15) is 56.6 Å². The summed E-state index contributed by atoms with van der Waals surface area (Å²) in [6.45, 7) is 7.97. The molecule has 0 aromatic heterocycles. The number of ketones is 1. The van der Waals surface area contributed by atoms with Crippen LogP contribution in [0.2, 0.25) is 0 Å². The molecule has 1 aliphatic rings. The molecular formula is C19H24O6. The van der Waals surface area contributed by atoms with Crippen molar-refractivity contribution in [3.63, 3.8) is 0 Å². The monoisotopic (exact) mass is 348 g/mol. The molecule has 25 heavy (non-hydrogen) atoms. The normalized spacial score (nSPS) is 19.9. The first-order valence-corrected chi connectivity index (χ1v) is 8.06. The number of methoxy groups -OCH3 is 1. The Balaban J connectivity index is 2.53. The van der Waals surface area contributed by atoms with Crippen LogP contribution >= 0.6 is 0 Å². The number of fused-ring (bicyclic) bond motifs is 1. The molecule has 1 heterocycles. The number of ether oxygens (including phenoxy) is 3. The summed E-state index contributed by atoms with van der Waals surface area (Å²) < 4.78 is 16.7. The smallest absolute Gasteiger partial charge is 0.334 e. The first-order chi connectivity index (χ1) is 11.6. The maximum absolute atomic E-state index is 12.2. The highest BCUT2D eigenvalue weighted by Gasteiger charge is 2.46. The number of hydrogen-bond donors (Lipinski definition) is 1. The number of rotatable bonds is 5. The van der Waals surface area contributed by atoms with Gasteiger partial charge in [-0.3, -0.25) is 4.79 Å². The first kappa shape index (κ1) is 19.0. The molecule has 6 nitrogen and oxygen atoms in total. The number of Topliss-reactive ketones (excluding diaryl/α,β-unsaturated/α-hetero) is 1. The van der Waals surface area contributed by atoms with Gasteiger partial charge in [0.25, 0.3) is 0 Å². The fourth-order valence-electron chi connectivity index (χ4n) is 2.67. The Labute approximate surface area is 147 Å². The van der Waals surface area contributed by atoms with Crippen molar-refractivity contribution in [1.29, 1.82) is 0 Å². The number of carbonyl (C=O) groups is 2. The largest absolute Gasteiger partial charge is 0.496 e. The highest BCUT2D eigenvalue weighted by atomic mass is 16.6. The first-order valence-electron chi connectivity index (χ1n) is 8.06. The van der Waals surface area contributed by atoms with Crippen LogP contribution in [-0.4, -0.2) is 35.7 Å². The maximum atomic E-state index is 12.2. The lowest BCUT2D eigenvalue weighted by Crippen LogP contribution is -2.43. The Kier molecular flexibility index (Phi) is 5.23. The highest BCUT2D eigenvalue weighted by molar-refractivity contribution is 5.97. The molecule has 0 saturated carbocycles. The number of aliphatic hydroxyl groups is 1. The van der Waals surface area contributed by atoms with Crippen molar-refractivity contribution in [3.8, 4) is 11.5 Å². The molecule has 1 aromatic carbocycles. The van der Waals surface area contributed by atoms with Crippen LogP contribution in [0.3, 0.4) is 0 Å². The van der Waals surface area contributed by atoms with Gasteiger partial charge in [-0.25, -0.2) is 4.79 Å². The molecule has 1 aliphatic heterocycles. The van der Waals surface area contributed by atoms with Crippen molar-refractivity contribution in [2.45, 2.75) is 52.4 Å². The van der Waals surface area contributed by atoms with Crippen molar-refractivity contribution >= 4 is 11.8 Å². The molecule has 0 radical (unpaired) electrons. The lowest BCUT2D eigenvalue weighted by Gasteiger charge is -2.29. The van der Waals surface area contributed by atoms with Crippen molar-refractivity contribution in [2.24, 2.45) is 0 Å². The van der Waals surface area contributed by atoms with Gasteiger partial charge in [-0.2, -0.15) is 0 Å². The molecule has 2 rings (SSSR count). The Morgan fingerprint density at radius 2 is 1.92 bits per heavy atom. The van der Waals surface area contributed by atoms with Crippen LogP contribution < -0.4 is 9.47 Å². The summed E-state index contributed by atoms with van der Waals surface area (Å²) >= 11 is 0. The summed E-state index contributed by atoms with van der Waals surface area (Å²) in [4.78, 5) is 24.1. The van der Waals surface area contributed by atoms with Gasteiger partial charge < -0.3 is 19.3 Å². The number of esters is 1. The number of carbonyl (C=O) groups excluding carboxylic acids is 2. The Morgan fingerprint density at radius 1 is 1.28 bits per heavy atom. The van der Waals surface area contributed by atoms with Gasteiger partial charge in [-0.1, -0.05) is 6.08 Å². The standard InChI is InChI=1S/C19H24O6/c1-7-10(2)18(21)25-16-13-8-12(11(3)20)14(23-6)9-15(13)24-17(16)19(4,5)22/h7-9,16-17,22H,1-6H3/t16-,17+/m1/s1. The van der Waals surface area contributed by atoms with Gasteiger partial charge in [0.2, 0.25) is 0 Å². The fraction of sp³-hybridized carbons (Fsp3) is 0.474. The van der Waals surface area contributed by atoms with Crippen molar-refractivity contribution in [1.82, 2.24) is 0 Å². The van der Waals surface area contributed by atoms with Gasteiger partial charge in [0.15, 0.2) is 18.0 Å². The van der Waals surface area contributed by atoms with Crippen LogP contribution in [0, 0.1) is 0 Å². The Hall–Kier alpha value is -2.34. The molecule has 1 N–H and O–H groups in total. The van der Waals surface area contributed by atoms with E-state index in [-0.39, 0.29) is 5.78 Å². The average Bonchev–Trinajstić information content (AvgIpc) is 2.90. The minimum absolute atomic E-state index is 0.180. The molecule has 0 fully saturated rings. The van der Waals surface area contributed by atoms with Gasteiger partial charge in [0.1, 0.15) is 11.5 Å². The summed E-state index contributed by atoms with van der Waals surface area (Å²) in [7, 11) is 1.46. The van der Waals surface area contributed by atoms with Gasteiger partial charge in [-0.05, 0) is 40.7 Å². The predicted molar refractivity (Wildman–Crippen MR) is 92.0 cm³/mol. The van der Waals surface area contributed by atoms with E-state index in [9.17, 15) is 14.7 Å². The van der Waals surface area contributed by atoms with E-state index < -0.39 is 23.8 Å². The molecule has 0 saturated heterocycles. The Morgan fingerprint density at radius 3 is 2.40 bits per heavy atom. The van der Waals surface area contributed by atoms with Crippen molar-refractivity contribution in [3.05, 3.63) is 34.9 Å². The predicted octanol–water partition coefficient (Wildman–Crippen LogP) is 2.98. The lowest BCUT2D eigenvalue weighted by atomic mass is 9.93. The van der Waals surface area contributed by atoms with Crippen LogP contribution in [0.25, 0.3) is 0 Å². The number of benzene rings is 1. The van der Waals surface area contributed by atoms with Crippen LogP contribution in [0.15, 0.2) is 23.8 Å². The number of hydrogen-bond acceptors (Lipinski definition) is 6. The van der Waals surface area contributed by atoms with Crippen molar-refractivity contribution in [2.75, 3.05) is 7.11 Å². The molecule has 2 atom stereocenters. The van der Waals surface area contributed by atoms with E-state index in [2.05, 4.69) is 0 Å². The lowest BCUT2D eigenvalue weighted by molar-refractivity contribution is -0.155. The topological polar surface area (TPSA) is 82.1 Å². The highest BCUT2D eigenvalue weighted by Crippen LogP contribution is 2.46. The van der Waals surface area contributed by atoms with E-state index in [1.54, 1.807) is 45.9 Å². The Bertz CT molecular complexity index is 726. The summed E-state index contributed by atoms with van der Waals surface area (Å²) in [5, 5.41) is 10.4. The van der Waals surface area contributed by atoms with Crippen LogP contribution in [-0.2, 0) is 9.53 Å². The van der Waals surface area contributed by atoms with E-state index in [0.29, 0.717) is 28.2 Å². The summed E-state index contributed by atoms with van der Waals surface area (Å²) in [5.41, 5.74) is 0.0842. The van der Waals surface area contributed by atoms with Crippen LogP contribution in [0.4, 0.5) is 0 Å². The van der Waals surface area contributed by atoms with E-state index in [1.807, 2.05) is 0 Å². The minimum atomic E-state index is -1.27. The molecule has 0 bridgehead atoms. The minimum Gasteiger partial charge on any atom is -0.496 e. The molecular weight excluding hydrogens is 324 g/mol. The summed E-state index contributed by atoms with van der Waals surface area (Å²) in [6.07, 6.45) is 0.0112. The summed E-state index contributed by atoms with van der Waals surface area (Å²) in [5.74, 6) is 0.113. The average molecular weight is 348 g/mol. The van der Waals surface area contributed by atoms with Gasteiger partial charge >= 0.3 is 5.97 Å². The second kappa shape index (κ2) is 6.88. The molecule has 1 aromatic rings. The third-order valence-electron chi connectivity index (χ3n) is 4.23. The zero-order valence-electron chi connectivity index (χ0n) is 15.4. The van der Waals surface area contributed by atoms with Gasteiger partial charge in [0, 0.05) is 17.2 Å². The third kappa shape index (κ3) is 3.69. The van der Waals surface area contributed by atoms with Crippen LogP contribution in [0.5, 0.6) is 11.5 Å². The second-order valence-electron chi connectivity index (χ2n) is 6.64. The molecule has 0 amide bonds. The van der Waals surface area contributed by atoms with E-state index in [1.165, 1.54) is 14.0 Å². The zero-order chi connectivity index (χ0) is 18.9. The third-order valence-corrected chi connectivity index (χ3v) is 4.23. The second-order valence-corrected chi connectivity index (χ2v) is 6.64. The van der Waals surface area contributed by atoms with Crippen molar-refractivity contribution < 1.29 is 28.9 Å². The number of allylic oxidation sites excluding steroid dienone is 1. The van der Waals surface area contributed by atoms with Gasteiger partial charge in [-0.15, -0.1) is 0 Å². The molecule has 0 spiro atoms. The molecule has 0 aliphatic carbocycles. The van der Waals surface area contributed by atoms with E-state index in [0.717, 1.165) is 0 Å². The molecule has 0 unspecified atom stereocenters. The molecule has 6 heteroatoms.